The number of carbonyl (C=O) groups excluding carboxylic acids is 1. The van der Waals surface area contributed by atoms with Crippen molar-refractivity contribution in [2.24, 2.45) is 0 Å². The van der Waals surface area contributed by atoms with E-state index >= 15 is 0 Å². The molecule has 0 aliphatic carbocycles. The lowest BCUT2D eigenvalue weighted by atomic mass is 10.2. The van der Waals surface area contributed by atoms with E-state index in [1.54, 1.807) is 11.3 Å². The molecule has 2 N–H and O–H groups in total. The van der Waals surface area contributed by atoms with Crippen molar-refractivity contribution >= 4 is 23.1 Å². The second kappa shape index (κ2) is 7.07. The summed E-state index contributed by atoms with van der Waals surface area (Å²) in [7, 11) is 0. The summed E-state index contributed by atoms with van der Waals surface area (Å²) in [5.41, 5.74) is 3.95. The molecule has 116 valence electrons. The molecule has 0 saturated heterocycles. The predicted molar refractivity (Wildman–Crippen MR) is 94.6 cm³/mol. The highest BCUT2D eigenvalue weighted by Crippen LogP contribution is 2.21. The molecule has 3 rings (SSSR count). The van der Waals surface area contributed by atoms with Gasteiger partial charge in [0.2, 0.25) is 0 Å². The fraction of sp³-hybridized carbons (Fsp3) is 0.111. The largest absolute Gasteiger partial charge is 0.331 e. The molecule has 2 amide bonds. The predicted octanol–water partition coefficient (Wildman–Crippen LogP) is 4.44. The van der Waals surface area contributed by atoms with Gasteiger partial charge in [0.1, 0.15) is 5.01 Å². The van der Waals surface area contributed by atoms with Crippen molar-refractivity contribution in [3.63, 3.8) is 0 Å². The van der Waals surface area contributed by atoms with Crippen LogP contribution in [-0.2, 0) is 6.54 Å². The first-order chi connectivity index (χ1) is 11.2. The zero-order valence-corrected chi connectivity index (χ0v) is 13.6. The van der Waals surface area contributed by atoms with Gasteiger partial charge in [-0.1, -0.05) is 48.0 Å². The smallest absolute Gasteiger partial charge is 0.319 e. The molecule has 5 heteroatoms. The molecule has 3 aromatic rings. The van der Waals surface area contributed by atoms with Crippen molar-refractivity contribution in [3.8, 4) is 11.3 Å². The van der Waals surface area contributed by atoms with Gasteiger partial charge in [-0.25, -0.2) is 9.78 Å². The SMILES string of the molecule is Cc1ccc(NC(=O)NCc2nc(-c3ccccc3)cs2)cc1. The highest BCUT2D eigenvalue weighted by Gasteiger charge is 2.06. The van der Waals surface area contributed by atoms with Gasteiger partial charge in [0, 0.05) is 16.6 Å². The highest BCUT2D eigenvalue weighted by molar-refractivity contribution is 7.09. The lowest BCUT2D eigenvalue weighted by molar-refractivity contribution is 0.251. The van der Waals surface area contributed by atoms with E-state index in [1.807, 2.05) is 66.9 Å². The van der Waals surface area contributed by atoms with E-state index in [1.165, 1.54) is 0 Å². The summed E-state index contributed by atoms with van der Waals surface area (Å²) in [5.74, 6) is 0. The van der Waals surface area contributed by atoms with Crippen LogP contribution in [0.1, 0.15) is 10.6 Å². The standard InChI is InChI=1S/C18H17N3OS/c1-13-7-9-15(10-8-13)20-18(22)19-11-17-21-16(12-23-17)14-5-3-2-4-6-14/h2-10,12H,11H2,1H3,(H2,19,20,22). The van der Waals surface area contributed by atoms with Gasteiger partial charge in [0.05, 0.1) is 12.2 Å². The number of rotatable bonds is 4. The average Bonchev–Trinajstić information content (AvgIpc) is 3.05. The molecule has 0 radical (unpaired) electrons. The maximum absolute atomic E-state index is 11.9. The van der Waals surface area contributed by atoms with E-state index in [4.69, 9.17) is 0 Å². The molecule has 0 unspecified atom stereocenters. The number of nitrogens with one attached hydrogen (secondary N) is 2. The third-order valence-electron chi connectivity index (χ3n) is 3.33. The Morgan fingerprint density at radius 1 is 1.09 bits per heavy atom. The number of thiazole rings is 1. The van der Waals surface area contributed by atoms with Crippen LogP contribution in [0, 0.1) is 6.92 Å². The molecular formula is C18H17N3OS. The van der Waals surface area contributed by atoms with Gasteiger partial charge >= 0.3 is 6.03 Å². The van der Waals surface area contributed by atoms with Crippen molar-refractivity contribution in [3.05, 3.63) is 70.5 Å². The lowest BCUT2D eigenvalue weighted by Crippen LogP contribution is -2.28. The summed E-state index contributed by atoms with van der Waals surface area (Å²) in [4.78, 5) is 16.4. The Morgan fingerprint density at radius 2 is 1.83 bits per heavy atom. The van der Waals surface area contributed by atoms with Crippen molar-refractivity contribution in [1.29, 1.82) is 0 Å². The minimum absolute atomic E-state index is 0.231. The minimum atomic E-state index is -0.231. The highest BCUT2D eigenvalue weighted by atomic mass is 32.1. The topological polar surface area (TPSA) is 54.0 Å². The Labute approximate surface area is 139 Å². The molecule has 1 heterocycles. The van der Waals surface area contributed by atoms with Crippen LogP contribution in [0.15, 0.2) is 60.0 Å². The molecule has 0 atom stereocenters. The van der Waals surface area contributed by atoms with E-state index in [2.05, 4.69) is 15.6 Å². The van der Waals surface area contributed by atoms with Crippen molar-refractivity contribution in [2.45, 2.75) is 13.5 Å². The Bertz CT molecular complexity index is 782. The summed E-state index contributed by atoms with van der Waals surface area (Å²) in [5, 5.41) is 8.51. The number of hydrogen-bond donors (Lipinski definition) is 2. The fourth-order valence-corrected chi connectivity index (χ4v) is 2.84. The lowest BCUT2D eigenvalue weighted by Gasteiger charge is -2.06. The minimum Gasteiger partial charge on any atom is -0.331 e. The fourth-order valence-electron chi connectivity index (χ4n) is 2.10. The van der Waals surface area contributed by atoms with E-state index in [0.717, 1.165) is 27.5 Å². The molecule has 0 aliphatic heterocycles. The second-order valence-electron chi connectivity index (χ2n) is 5.17. The van der Waals surface area contributed by atoms with Crippen LogP contribution in [0.5, 0.6) is 0 Å². The molecule has 0 bridgehead atoms. The molecule has 2 aromatic carbocycles. The van der Waals surface area contributed by atoms with Gasteiger partial charge in [-0.05, 0) is 19.1 Å². The van der Waals surface area contributed by atoms with E-state index < -0.39 is 0 Å². The van der Waals surface area contributed by atoms with Crippen LogP contribution in [-0.4, -0.2) is 11.0 Å². The third-order valence-corrected chi connectivity index (χ3v) is 4.18. The third kappa shape index (κ3) is 4.17. The Morgan fingerprint density at radius 3 is 2.57 bits per heavy atom. The molecule has 0 spiro atoms. The number of benzene rings is 2. The Balaban J connectivity index is 1.55. The van der Waals surface area contributed by atoms with Gasteiger partial charge in [0.25, 0.3) is 0 Å². The molecule has 0 fully saturated rings. The van der Waals surface area contributed by atoms with Crippen molar-refractivity contribution < 1.29 is 4.79 Å². The van der Waals surface area contributed by atoms with Gasteiger partial charge < -0.3 is 10.6 Å². The van der Waals surface area contributed by atoms with E-state index in [9.17, 15) is 4.79 Å². The normalized spacial score (nSPS) is 10.3. The van der Waals surface area contributed by atoms with Gasteiger partial charge in [0.15, 0.2) is 0 Å². The van der Waals surface area contributed by atoms with Crippen molar-refractivity contribution in [1.82, 2.24) is 10.3 Å². The Kier molecular flexibility index (Phi) is 4.68. The summed E-state index contributed by atoms with van der Waals surface area (Å²) >= 11 is 1.54. The number of nitrogens with zero attached hydrogens (tertiary/aromatic N) is 1. The first-order valence-corrected chi connectivity index (χ1v) is 8.20. The van der Waals surface area contributed by atoms with Gasteiger partial charge in [-0.3, -0.25) is 0 Å². The maximum atomic E-state index is 11.9. The number of aromatic nitrogens is 1. The zero-order valence-electron chi connectivity index (χ0n) is 12.7. The molecule has 1 aromatic heterocycles. The number of urea groups is 1. The number of aryl methyl sites for hydroxylation is 1. The summed E-state index contributed by atoms with van der Waals surface area (Å²) in [6.07, 6.45) is 0. The first kappa shape index (κ1) is 15.2. The van der Waals surface area contributed by atoms with Crippen LogP contribution in [0.3, 0.4) is 0 Å². The molecular weight excluding hydrogens is 306 g/mol. The maximum Gasteiger partial charge on any atom is 0.319 e. The number of anilines is 1. The summed E-state index contributed by atoms with van der Waals surface area (Å²) in [6, 6.07) is 17.5. The molecule has 23 heavy (non-hydrogen) atoms. The van der Waals surface area contributed by atoms with Crippen LogP contribution >= 0.6 is 11.3 Å². The van der Waals surface area contributed by atoms with Crippen LogP contribution in [0.25, 0.3) is 11.3 Å². The first-order valence-electron chi connectivity index (χ1n) is 7.32. The molecule has 0 saturated carbocycles. The van der Waals surface area contributed by atoms with E-state index in [-0.39, 0.29) is 6.03 Å². The van der Waals surface area contributed by atoms with Crippen LogP contribution in [0.4, 0.5) is 10.5 Å². The quantitative estimate of drug-likeness (QED) is 0.746. The summed E-state index contributed by atoms with van der Waals surface area (Å²) in [6.45, 7) is 2.42. The summed E-state index contributed by atoms with van der Waals surface area (Å²) < 4.78 is 0. The van der Waals surface area contributed by atoms with Crippen LogP contribution in [0.2, 0.25) is 0 Å². The number of carbonyl (C=O) groups is 1. The van der Waals surface area contributed by atoms with Crippen molar-refractivity contribution in [2.75, 3.05) is 5.32 Å². The van der Waals surface area contributed by atoms with Crippen LogP contribution < -0.4 is 10.6 Å². The van der Waals surface area contributed by atoms with Gasteiger partial charge in [-0.2, -0.15) is 0 Å². The zero-order chi connectivity index (χ0) is 16.1. The number of hydrogen-bond acceptors (Lipinski definition) is 3. The Hall–Kier alpha value is -2.66. The second-order valence-corrected chi connectivity index (χ2v) is 6.11. The monoisotopic (exact) mass is 323 g/mol. The molecule has 0 aliphatic rings. The van der Waals surface area contributed by atoms with E-state index in [0.29, 0.717) is 6.54 Å². The average molecular weight is 323 g/mol. The van der Waals surface area contributed by atoms with Gasteiger partial charge in [-0.15, -0.1) is 11.3 Å². The molecule has 4 nitrogen and oxygen atoms in total. The number of amides is 2.